The van der Waals surface area contributed by atoms with E-state index in [1.807, 2.05) is 0 Å². The molecule has 19 heavy (non-hydrogen) atoms. The number of amides is 1. The molecule has 0 unspecified atom stereocenters. The molecule has 0 aliphatic heterocycles. The standard InChI is InChI=1S/C12H13Cl2NO4/c1-2-18-10(16)7-19-9-5-3-8(4-6-9)15-12(17)11(13)14/h3-6,11H,2,7H2,1H3,(H,15,17). The number of anilines is 1. The highest BCUT2D eigenvalue weighted by Gasteiger charge is 2.11. The second-order valence-corrected chi connectivity index (χ2v) is 4.50. The molecule has 1 rings (SSSR count). The molecular weight excluding hydrogens is 293 g/mol. The molecule has 1 aromatic rings. The quantitative estimate of drug-likeness (QED) is 0.647. The molecule has 0 aliphatic carbocycles. The summed E-state index contributed by atoms with van der Waals surface area (Å²) in [5, 5.41) is 2.50. The summed E-state index contributed by atoms with van der Waals surface area (Å²) in [6.45, 7) is 1.87. The Labute approximate surface area is 120 Å². The summed E-state index contributed by atoms with van der Waals surface area (Å²) in [6.07, 6.45) is 0. The largest absolute Gasteiger partial charge is 0.482 e. The zero-order valence-electron chi connectivity index (χ0n) is 10.2. The van der Waals surface area contributed by atoms with Gasteiger partial charge in [0.15, 0.2) is 11.4 Å². The van der Waals surface area contributed by atoms with Crippen molar-refractivity contribution >= 4 is 40.8 Å². The molecule has 0 spiro atoms. The number of halogens is 2. The molecule has 104 valence electrons. The van der Waals surface area contributed by atoms with Crippen molar-refractivity contribution in [2.75, 3.05) is 18.5 Å². The molecule has 0 bridgehead atoms. The fourth-order valence-electron chi connectivity index (χ4n) is 1.18. The zero-order chi connectivity index (χ0) is 14.3. The summed E-state index contributed by atoms with van der Waals surface area (Å²) >= 11 is 10.8. The lowest BCUT2D eigenvalue weighted by Crippen LogP contribution is -2.18. The van der Waals surface area contributed by atoms with Gasteiger partial charge in [-0.25, -0.2) is 4.79 Å². The van der Waals surface area contributed by atoms with Gasteiger partial charge in [-0.1, -0.05) is 23.2 Å². The van der Waals surface area contributed by atoms with Gasteiger partial charge in [-0.3, -0.25) is 4.79 Å². The average Bonchev–Trinajstić information content (AvgIpc) is 2.38. The Balaban J connectivity index is 2.47. The minimum Gasteiger partial charge on any atom is -0.482 e. The van der Waals surface area contributed by atoms with Crippen LogP contribution in [0.3, 0.4) is 0 Å². The van der Waals surface area contributed by atoms with Crippen LogP contribution in [0.15, 0.2) is 24.3 Å². The lowest BCUT2D eigenvalue weighted by Gasteiger charge is -2.08. The molecule has 0 aliphatic rings. The van der Waals surface area contributed by atoms with Gasteiger partial charge in [0.2, 0.25) is 0 Å². The summed E-state index contributed by atoms with van der Waals surface area (Å²) in [5.41, 5.74) is 0.528. The molecule has 0 radical (unpaired) electrons. The molecule has 0 saturated carbocycles. The number of rotatable bonds is 6. The first kappa shape index (κ1) is 15.6. The minimum absolute atomic E-state index is 0.162. The summed E-state index contributed by atoms with van der Waals surface area (Å²) in [7, 11) is 0. The van der Waals surface area contributed by atoms with Crippen LogP contribution >= 0.6 is 23.2 Å². The van der Waals surface area contributed by atoms with Gasteiger partial charge in [0.25, 0.3) is 5.91 Å². The van der Waals surface area contributed by atoms with E-state index in [0.717, 1.165) is 0 Å². The van der Waals surface area contributed by atoms with Crippen LogP contribution in [0.4, 0.5) is 5.69 Å². The van der Waals surface area contributed by atoms with E-state index in [4.69, 9.17) is 32.7 Å². The Morgan fingerprint density at radius 1 is 1.26 bits per heavy atom. The summed E-state index contributed by atoms with van der Waals surface area (Å²) in [4.78, 5) is 21.2. The van der Waals surface area contributed by atoms with Crippen molar-refractivity contribution < 1.29 is 19.1 Å². The van der Waals surface area contributed by atoms with Gasteiger partial charge >= 0.3 is 5.97 Å². The van der Waals surface area contributed by atoms with E-state index in [1.54, 1.807) is 31.2 Å². The van der Waals surface area contributed by atoms with E-state index in [9.17, 15) is 9.59 Å². The van der Waals surface area contributed by atoms with Crippen LogP contribution < -0.4 is 10.1 Å². The van der Waals surface area contributed by atoms with Crippen LogP contribution in [0.25, 0.3) is 0 Å². The second kappa shape index (κ2) is 7.86. The fourth-order valence-corrected chi connectivity index (χ4v) is 1.29. The van der Waals surface area contributed by atoms with Crippen molar-refractivity contribution in [3.8, 4) is 5.75 Å². The van der Waals surface area contributed by atoms with Gasteiger partial charge in [0.05, 0.1) is 6.61 Å². The van der Waals surface area contributed by atoms with Crippen LogP contribution in [-0.4, -0.2) is 29.9 Å². The Kier molecular flexibility index (Phi) is 6.45. The number of carbonyl (C=O) groups excluding carboxylic acids is 2. The topological polar surface area (TPSA) is 64.6 Å². The maximum Gasteiger partial charge on any atom is 0.344 e. The first-order valence-electron chi connectivity index (χ1n) is 5.50. The number of ether oxygens (including phenoxy) is 2. The fraction of sp³-hybridized carbons (Fsp3) is 0.333. The van der Waals surface area contributed by atoms with E-state index in [2.05, 4.69) is 5.32 Å². The number of esters is 1. The van der Waals surface area contributed by atoms with Crippen LogP contribution in [-0.2, 0) is 14.3 Å². The van der Waals surface area contributed by atoms with Crippen LogP contribution in [0.5, 0.6) is 5.75 Å². The minimum atomic E-state index is -1.13. The van der Waals surface area contributed by atoms with Gasteiger partial charge in [-0.15, -0.1) is 0 Å². The Bertz CT molecular complexity index is 434. The van der Waals surface area contributed by atoms with Crippen molar-refractivity contribution in [3.05, 3.63) is 24.3 Å². The number of hydrogen-bond donors (Lipinski definition) is 1. The van der Waals surface area contributed by atoms with Crippen molar-refractivity contribution in [1.29, 1.82) is 0 Å². The molecule has 5 nitrogen and oxygen atoms in total. The van der Waals surface area contributed by atoms with Crippen molar-refractivity contribution in [2.45, 2.75) is 11.8 Å². The third kappa shape index (κ3) is 5.81. The number of carbonyl (C=O) groups is 2. The second-order valence-electron chi connectivity index (χ2n) is 3.41. The molecule has 0 aromatic heterocycles. The lowest BCUT2D eigenvalue weighted by atomic mass is 10.3. The van der Waals surface area contributed by atoms with E-state index >= 15 is 0 Å². The molecule has 0 atom stereocenters. The lowest BCUT2D eigenvalue weighted by molar-refractivity contribution is -0.145. The first-order chi connectivity index (χ1) is 9.02. The van der Waals surface area contributed by atoms with E-state index in [-0.39, 0.29) is 6.61 Å². The molecule has 0 fully saturated rings. The summed E-state index contributed by atoms with van der Waals surface area (Å²) < 4.78 is 9.90. The van der Waals surface area contributed by atoms with Crippen LogP contribution in [0.2, 0.25) is 0 Å². The number of alkyl halides is 2. The summed E-state index contributed by atoms with van der Waals surface area (Å²) in [5.74, 6) is -0.463. The highest BCUT2D eigenvalue weighted by atomic mass is 35.5. The predicted molar refractivity (Wildman–Crippen MR) is 72.7 cm³/mol. The van der Waals surface area contributed by atoms with E-state index < -0.39 is 16.7 Å². The molecule has 7 heteroatoms. The highest BCUT2D eigenvalue weighted by molar-refractivity contribution is 6.54. The predicted octanol–water partition coefficient (Wildman–Crippen LogP) is 2.37. The van der Waals surface area contributed by atoms with E-state index in [0.29, 0.717) is 18.0 Å². The Morgan fingerprint density at radius 3 is 2.42 bits per heavy atom. The number of hydrogen-bond acceptors (Lipinski definition) is 4. The van der Waals surface area contributed by atoms with Gasteiger partial charge < -0.3 is 14.8 Å². The monoisotopic (exact) mass is 305 g/mol. The highest BCUT2D eigenvalue weighted by Crippen LogP contribution is 2.16. The van der Waals surface area contributed by atoms with Crippen LogP contribution in [0.1, 0.15) is 6.92 Å². The van der Waals surface area contributed by atoms with Gasteiger partial charge in [-0.05, 0) is 31.2 Å². The van der Waals surface area contributed by atoms with E-state index in [1.165, 1.54) is 0 Å². The van der Waals surface area contributed by atoms with Crippen molar-refractivity contribution in [3.63, 3.8) is 0 Å². The molecule has 0 saturated heterocycles. The van der Waals surface area contributed by atoms with Gasteiger partial charge in [0.1, 0.15) is 5.75 Å². The molecular formula is C12H13Cl2NO4. The normalized spacial score (nSPS) is 10.1. The Morgan fingerprint density at radius 2 is 1.89 bits per heavy atom. The molecule has 1 N–H and O–H groups in total. The third-order valence-electron chi connectivity index (χ3n) is 1.98. The number of nitrogens with one attached hydrogen (secondary N) is 1. The maximum atomic E-state index is 11.2. The Hall–Kier alpha value is -1.46. The molecule has 0 heterocycles. The van der Waals surface area contributed by atoms with Crippen molar-refractivity contribution in [1.82, 2.24) is 0 Å². The maximum absolute atomic E-state index is 11.2. The SMILES string of the molecule is CCOC(=O)COc1ccc(NC(=O)C(Cl)Cl)cc1. The first-order valence-corrected chi connectivity index (χ1v) is 6.37. The van der Waals surface area contributed by atoms with Gasteiger partial charge in [-0.2, -0.15) is 0 Å². The van der Waals surface area contributed by atoms with Gasteiger partial charge in [0, 0.05) is 5.69 Å². The third-order valence-corrected chi connectivity index (χ3v) is 2.38. The zero-order valence-corrected chi connectivity index (χ0v) is 11.7. The number of benzene rings is 1. The van der Waals surface area contributed by atoms with Crippen LogP contribution in [0, 0.1) is 0 Å². The summed E-state index contributed by atoms with van der Waals surface area (Å²) in [6, 6.07) is 6.42. The molecule has 1 amide bonds. The smallest absolute Gasteiger partial charge is 0.344 e. The molecule has 1 aromatic carbocycles. The van der Waals surface area contributed by atoms with Crippen molar-refractivity contribution in [2.24, 2.45) is 0 Å². The average molecular weight is 306 g/mol.